The first-order valence-electron chi connectivity index (χ1n) is 27.1. The van der Waals surface area contributed by atoms with Crippen LogP contribution in [0.2, 0.25) is 0 Å². The van der Waals surface area contributed by atoms with Gasteiger partial charge in [0.1, 0.15) is 5.75 Å². The Labute approximate surface area is 456 Å². The van der Waals surface area contributed by atoms with Crippen LogP contribution in [0.25, 0.3) is 23.1 Å². The monoisotopic (exact) mass is 1090 g/mol. The highest BCUT2D eigenvalue weighted by Gasteiger charge is 2.35. The summed E-state index contributed by atoms with van der Waals surface area (Å²) in [6.07, 6.45) is 15.5. The number of aromatic nitrogens is 1. The number of aromatic amines is 1. The summed E-state index contributed by atoms with van der Waals surface area (Å²) in [6.45, 7) is 8.87. The Kier molecular flexibility index (Phi) is 19.6. The third-order valence-corrected chi connectivity index (χ3v) is 16.7. The number of carboxylic acids is 1. The van der Waals surface area contributed by atoms with Crippen molar-refractivity contribution in [2.45, 2.75) is 76.2 Å². The van der Waals surface area contributed by atoms with Crippen LogP contribution in [0, 0.1) is 42.1 Å². The number of H-pyrrole nitrogens is 1. The van der Waals surface area contributed by atoms with Crippen LogP contribution in [0.1, 0.15) is 91.0 Å². The van der Waals surface area contributed by atoms with Crippen LogP contribution in [0.15, 0.2) is 97.2 Å². The SMILES string of the molecule is COc1ccc(C2CCN(CC(C(=O)O)C3CCN(C(=O)/C=C/c4cc(F)c(F)c(F)c4)CC3)CC2)cc1.Cc1cccc(/C=C/C(=O)N2CCC(C(O)CN3CCC(c4c[nH]c5ccc(NS(C)(=O)=O)cc45)CC3)CC2)c1. The number of nitrogens with one attached hydrogen (secondary N) is 2. The molecule has 0 saturated carbocycles. The van der Waals surface area contributed by atoms with E-state index in [4.69, 9.17) is 4.74 Å². The smallest absolute Gasteiger partial charge is 0.308 e. The molecule has 5 aromatic rings. The Morgan fingerprint density at radius 2 is 1.28 bits per heavy atom. The molecule has 0 bridgehead atoms. The molecule has 4 aliphatic rings. The molecule has 0 aliphatic carbocycles. The maximum Gasteiger partial charge on any atom is 0.308 e. The topological polar surface area (TPSA) is 176 Å². The molecule has 4 N–H and O–H groups in total. The lowest BCUT2D eigenvalue weighted by atomic mass is 9.83. The molecule has 2 amide bonds. The van der Waals surface area contributed by atoms with E-state index in [9.17, 15) is 46.2 Å². The minimum absolute atomic E-state index is 0.0352. The van der Waals surface area contributed by atoms with Gasteiger partial charge in [-0.3, -0.25) is 19.1 Å². The molecule has 4 saturated heterocycles. The van der Waals surface area contributed by atoms with Gasteiger partial charge in [-0.05, 0) is 185 Å². The number of likely N-dealkylation sites (tertiary alicyclic amines) is 4. The zero-order valence-electron chi connectivity index (χ0n) is 44.8. The third kappa shape index (κ3) is 15.6. The zero-order valence-corrected chi connectivity index (χ0v) is 45.6. The fourth-order valence-electron chi connectivity index (χ4n) is 11.6. The van der Waals surface area contributed by atoms with Crippen LogP contribution in [0.4, 0.5) is 18.9 Å². The van der Waals surface area contributed by atoms with E-state index in [1.165, 1.54) is 28.8 Å². The van der Waals surface area contributed by atoms with Crippen molar-refractivity contribution < 1.29 is 50.9 Å². The number of carbonyl (C=O) groups is 3. The molecular formula is C60H73F3N6O8S. The number of fused-ring (bicyclic) bond motifs is 1. The average Bonchev–Trinajstić information content (AvgIpc) is 3.86. The number of aliphatic hydroxyl groups excluding tert-OH is 1. The Balaban J connectivity index is 0.000000206. The van der Waals surface area contributed by atoms with E-state index in [0.29, 0.717) is 69.6 Å². The lowest BCUT2D eigenvalue weighted by Crippen LogP contribution is -2.45. The minimum Gasteiger partial charge on any atom is -0.497 e. The first-order chi connectivity index (χ1) is 37.4. The second-order valence-electron chi connectivity index (χ2n) is 21.5. The summed E-state index contributed by atoms with van der Waals surface area (Å²) < 4.78 is 71.0. The highest BCUT2D eigenvalue weighted by atomic mass is 32.2. The number of aliphatic hydroxyl groups is 1. The molecule has 78 heavy (non-hydrogen) atoms. The lowest BCUT2D eigenvalue weighted by Gasteiger charge is -2.38. The molecule has 18 heteroatoms. The van der Waals surface area contributed by atoms with Crippen LogP contribution >= 0.6 is 0 Å². The summed E-state index contributed by atoms with van der Waals surface area (Å²) in [6, 6.07) is 23.5. The molecule has 0 radical (unpaired) electrons. The van der Waals surface area contributed by atoms with Crippen molar-refractivity contribution in [2.75, 3.05) is 83.5 Å². The molecule has 2 unspecified atom stereocenters. The molecule has 9 rings (SSSR count). The van der Waals surface area contributed by atoms with Crippen molar-refractivity contribution in [2.24, 2.45) is 17.8 Å². The zero-order chi connectivity index (χ0) is 55.5. The molecule has 418 valence electrons. The highest BCUT2D eigenvalue weighted by molar-refractivity contribution is 7.92. The van der Waals surface area contributed by atoms with Gasteiger partial charge in [0.25, 0.3) is 0 Å². The van der Waals surface area contributed by atoms with Gasteiger partial charge in [0.15, 0.2) is 17.5 Å². The summed E-state index contributed by atoms with van der Waals surface area (Å²) in [5.41, 5.74) is 6.33. The highest BCUT2D eigenvalue weighted by Crippen LogP contribution is 2.36. The number of halogens is 3. The number of amides is 2. The molecule has 0 spiro atoms. The number of sulfonamides is 1. The number of nitrogens with zero attached hydrogens (tertiary/aromatic N) is 4. The second-order valence-corrected chi connectivity index (χ2v) is 23.3. The number of rotatable bonds is 16. The van der Waals surface area contributed by atoms with Gasteiger partial charge in [-0.15, -0.1) is 0 Å². The van der Waals surface area contributed by atoms with E-state index in [0.717, 1.165) is 105 Å². The number of carboxylic acid groups (broad SMARTS) is 1. The van der Waals surface area contributed by atoms with E-state index in [1.54, 1.807) is 24.2 Å². The number of piperidine rings is 4. The average molecular weight is 1100 g/mol. The van der Waals surface area contributed by atoms with Gasteiger partial charge in [-0.2, -0.15) is 0 Å². The van der Waals surface area contributed by atoms with Crippen molar-refractivity contribution in [3.05, 3.63) is 142 Å². The second kappa shape index (κ2) is 26.5. The van der Waals surface area contributed by atoms with Gasteiger partial charge in [-0.1, -0.05) is 42.0 Å². The van der Waals surface area contributed by atoms with Crippen molar-refractivity contribution in [3.63, 3.8) is 0 Å². The fourth-order valence-corrected chi connectivity index (χ4v) is 12.2. The van der Waals surface area contributed by atoms with Crippen LogP contribution in [0.3, 0.4) is 0 Å². The summed E-state index contributed by atoms with van der Waals surface area (Å²) in [7, 11) is -1.68. The predicted molar refractivity (Wildman–Crippen MR) is 298 cm³/mol. The third-order valence-electron chi connectivity index (χ3n) is 16.1. The summed E-state index contributed by atoms with van der Waals surface area (Å²) in [5.74, 6) is -3.97. The van der Waals surface area contributed by atoms with Crippen molar-refractivity contribution in [3.8, 4) is 5.75 Å². The number of aryl methyl sites for hydroxylation is 1. The van der Waals surface area contributed by atoms with Crippen LogP contribution in [-0.2, 0) is 24.4 Å². The number of ether oxygens (including phenoxy) is 1. The van der Waals surface area contributed by atoms with Gasteiger partial charge < -0.3 is 39.5 Å². The largest absolute Gasteiger partial charge is 0.497 e. The Bertz CT molecular complexity index is 3010. The number of hydrogen-bond donors (Lipinski definition) is 4. The Morgan fingerprint density at radius 3 is 1.85 bits per heavy atom. The first-order valence-corrected chi connectivity index (χ1v) is 29.0. The Hall–Kier alpha value is -6.47. The number of benzene rings is 4. The molecule has 4 aromatic carbocycles. The maximum atomic E-state index is 13.4. The number of hydrogen-bond acceptors (Lipinski definition) is 9. The van der Waals surface area contributed by atoms with E-state index in [2.05, 4.69) is 43.9 Å². The van der Waals surface area contributed by atoms with Crippen molar-refractivity contribution in [1.29, 1.82) is 0 Å². The van der Waals surface area contributed by atoms with Gasteiger partial charge in [-0.25, -0.2) is 21.6 Å². The first kappa shape index (κ1) is 57.7. The predicted octanol–water partition coefficient (Wildman–Crippen LogP) is 9.28. The number of aliphatic carboxylic acids is 1. The molecule has 4 fully saturated rings. The van der Waals surface area contributed by atoms with Crippen LogP contribution in [-0.4, -0.2) is 146 Å². The summed E-state index contributed by atoms with van der Waals surface area (Å²) in [4.78, 5) is 48.8. The molecule has 5 heterocycles. The van der Waals surface area contributed by atoms with Gasteiger partial charge >= 0.3 is 5.97 Å². The van der Waals surface area contributed by atoms with E-state index in [1.807, 2.05) is 60.4 Å². The molecule has 14 nitrogen and oxygen atoms in total. The van der Waals surface area contributed by atoms with Gasteiger partial charge in [0.2, 0.25) is 21.8 Å². The summed E-state index contributed by atoms with van der Waals surface area (Å²) in [5, 5.41) is 22.0. The maximum absolute atomic E-state index is 13.4. The number of methoxy groups -OCH3 is 1. The number of carbonyl (C=O) groups excluding carboxylic acids is 2. The van der Waals surface area contributed by atoms with Gasteiger partial charge in [0.05, 0.1) is 25.4 Å². The fraction of sp³-hybridized carbons (Fsp3) is 0.450. The minimum atomic E-state index is -3.33. The van der Waals surface area contributed by atoms with Crippen molar-refractivity contribution in [1.82, 2.24) is 24.6 Å². The lowest BCUT2D eigenvalue weighted by molar-refractivity contribution is -0.145. The molecule has 4 aliphatic heterocycles. The van der Waals surface area contributed by atoms with Crippen LogP contribution < -0.4 is 9.46 Å². The quantitative estimate of drug-likeness (QED) is 0.0551. The van der Waals surface area contributed by atoms with E-state index in [-0.39, 0.29) is 29.2 Å². The molecule has 2 atom stereocenters. The normalized spacial score (nSPS) is 18.8. The molecule has 1 aromatic heterocycles. The Morgan fingerprint density at radius 1 is 0.718 bits per heavy atom. The van der Waals surface area contributed by atoms with Crippen molar-refractivity contribution >= 4 is 56.5 Å². The standard InChI is InChI=1S/C31H40N4O4S.C29H33F3N2O4/c1-22-4-3-5-23(18-22)6-9-31(37)35-16-12-25(13-17-35)30(36)21-34-14-10-24(11-15-34)28-20-32-29-8-7-26(19-27(28)29)33-40(2,38)39;1-38-23-5-3-20(4-6-23)21-8-12-33(13-9-21)18-24(29(36)37)22-10-14-34(15-11-22)27(35)7-2-19-16-25(30)28(32)26(31)17-19/h3-9,18-20,24-25,30,32-33,36H,10-17,21H2,1-2H3;2-7,16-17,21-22,24H,8-15,18H2,1H3,(H,36,37)/b9-6+;7-2+. The van der Waals surface area contributed by atoms with E-state index < -0.39 is 45.5 Å². The molecular weight excluding hydrogens is 1020 g/mol. The van der Waals surface area contributed by atoms with Crippen LogP contribution in [0.5, 0.6) is 5.75 Å². The number of β-amino-alcohol motifs (C(OH)–C–C–N with tert-alkyl or cyclic N) is 1. The summed E-state index contributed by atoms with van der Waals surface area (Å²) >= 11 is 0. The van der Waals surface area contributed by atoms with Gasteiger partial charge in [0, 0.05) is 74.2 Å². The number of anilines is 1. The van der Waals surface area contributed by atoms with E-state index >= 15 is 0 Å².